The monoisotopic (exact) mass is 283 g/mol. The summed E-state index contributed by atoms with van der Waals surface area (Å²) in [5.41, 5.74) is 1.72. The van der Waals surface area contributed by atoms with Crippen LogP contribution in [0.3, 0.4) is 0 Å². The van der Waals surface area contributed by atoms with Crippen LogP contribution in [-0.2, 0) is 6.54 Å². The van der Waals surface area contributed by atoms with Crippen molar-refractivity contribution in [3.8, 4) is 11.4 Å². The van der Waals surface area contributed by atoms with Crippen molar-refractivity contribution >= 4 is 0 Å². The molecule has 21 heavy (non-hydrogen) atoms. The molecule has 1 aromatic carbocycles. The lowest BCUT2D eigenvalue weighted by molar-refractivity contribution is 0.175. The first-order chi connectivity index (χ1) is 10.2. The molecule has 1 aliphatic heterocycles. The average molecular weight is 283 g/mol. The number of benzene rings is 1. The summed E-state index contributed by atoms with van der Waals surface area (Å²) < 4.78 is 0. The molecule has 0 aliphatic carbocycles. The minimum absolute atomic E-state index is 0.0797. The molecule has 110 valence electrons. The van der Waals surface area contributed by atoms with Gasteiger partial charge in [-0.05, 0) is 25.3 Å². The van der Waals surface area contributed by atoms with Gasteiger partial charge >= 0.3 is 0 Å². The van der Waals surface area contributed by atoms with E-state index < -0.39 is 0 Å². The fourth-order valence-electron chi connectivity index (χ4n) is 2.98. The van der Waals surface area contributed by atoms with Gasteiger partial charge in [-0.1, -0.05) is 37.3 Å². The fourth-order valence-corrected chi connectivity index (χ4v) is 2.98. The summed E-state index contributed by atoms with van der Waals surface area (Å²) in [6.45, 7) is 5.23. The largest absolute Gasteiger partial charge is 0.307 e. The van der Waals surface area contributed by atoms with Crippen LogP contribution in [0.1, 0.15) is 25.5 Å². The lowest BCUT2D eigenvalue weighted by Gasteiger charge is -2.30. The molecule has 2 heterocycles. The van der Waals surface area contributed by atoms with Gasteiger partial charge in [0.15, 0.2) is 0 Å². The van der Waals surface area contributed by atoms with Gasteiger partial charge in [0.25, 0.3) is 5.56 Å². The number of likely N-dealkylation sites (tertiary alicyclic amines) is 1. The zero-order valence-corrected chi connectivity index (χ0v) is 12.4. The summed E-state index contributed by atoms with van der Waals surface area (Å²) in [6.07, 6.45) is 2.53. The molecule has 1 aliphatic rings. The van der Waals surface area contributed by atoms with Crippen LogP contribution in [0.5, 0.6) is 0 Å². The van der Waals surface area contributed by atoms with Crippen LogP contribution in [0.15, 0.2) is 41.2 Å². The first-order valence-corrected chi connectivity index (χ1v) is 7.59. The van der Waals surface area contributed by atoms with E-state index >= 15 is 0 Å². The maximum absolute atomic E-state index is 11.9. The Morgan fingerprint density at radius 1 is 1.33 bits per heavy atom. The Balaban J connectivity index is 1.83. The van der Waals surface area contributed by atoms with Crippen LogP contribution in [0.2, 0.25) is 0 Å². The first kappa shape index (κ1) is 14.0. The van der Waals surface area contributed by atoms with Crippen molar-refractivity contribution in [1.29, 1.82) is 0 Å². The molecule has 1 saturated heterocycles. The third-order valence-corrected chi connectivity index (χ3v) is 3.97. The minimum Gasteiger partial charge on any atom is -0.307 e. The van der Waals surface area contributed by atoms with Gasteiger partial charge in [-0.3, -0.25) is 9.69 Å². The fraction of sp³-hybridized carbons (Fsp3) is 0.412. The van der Waals surface area contributed by atoms with E-state index in [-0.39, 0.29) is 5.56 Å². The number of aromatic amines is 1. The normalized spacial score (nSPS) is 19.6. The summed E-state index contributed by atoms with van der Waals surface area (Å²) in [7, 11) is 0. The van der Waals surface area contributed by atoms with Crippen LogP contribution in [0, 0.1) is 5.92 Å². The molecule has 0 radical (unpaired) electrons. The van der Waals surface area contributed by atoms with E-state index in [1.807, 2.05) is 30.3 Å². The van der Waals surface area contributed by atoms with E-state index in [4.69, 9.17) is 0 Å². The second-order valence-corrected chi connectivity index (χ2v) is 5.93. The van der Waals surface area contributed by atoms with Gasteiger partial charge < -0.3 is 4.98 Å². The quantitative estimate of drug-likeness (QED) is 0.942. The van der Waals surface area contributed by atoms with E-state index in [1.165, 1.54) is 12.8 Å². The number of aromatic nitrogens is 2. The maximum atomic E-state index is 11.9. The second-order valence-electron chi connectivity index (χ2n) is 5.93. The molecular weight excluding hydrogens is 262 g/mol. The molecule has 0 unspecified atom stereocenters. The number of nitrogens with one attached hydrogen (secondary N) is 1. The molecule has 0 spiro atoms. The standard InChI is InChI=1S/C17H21N3O/c1-13-6-5-9-20(11-13)12-15-10-16(21)19-17(18-15)14-7-3-2-4-8-14/h2-4,7-8,10,13H,5-6,9,11-12H2,1H3,(H,18,19,21)/t13-/m1/s1. The SMILES string of the molecule is C[C@@H]1CCCN(Cc2cc(=O)[nH]c(-c3ccccc3)n2)C1. The van der Waals surface area contributed by atoms with Crippen molar-refractivity contribution in [2.45, 2.75) is 26.3 Å². The summed E-state index contributed by atoms with van der Waals surface area (Å²) in [5, 5.41) is 0. The Morgan fingerprint density at radius 3 is 2.90 bits per heavy atom. The molecule has 0 saturated carbocycles. The maximum Gasteiger partial charge on any atom is 0.251 e. The molecule has 1 fully saturated rings. The Labute approximate surface area is 124 Å². The topological polar surface area (TPSA) is 49.0 Å². The molecule has 1 atom stereocenters. The van der Waals surface area contributed by atoms with Crippen molar-refractivity contribution in [3.05, 3.63) is 52.4 Å². The molecule has 0 bridgehead atoms. The molecule has 4 heteroatoms. The third kappa shape index (κ3) is 3.58. The Morgan fingerprint density at radius 2 is 2.14 bits per heavy atom. The van der Waals surface area contributed by atoms with Crippen molar-refractivity contribution < 1.29 is 0 Å². The van der Waals surface area contributed by atoms with Crippen LogP contribution in [0.4, 0.5) is 0 Å². The van der Waals surface area contributed by atoms with Gasteiger partial charge in [-0.15, -0.1) is 0 Å². The molecule has 4 nitrogen and oxygen atoms in total. The van der Waals surface area contributed by atoms with Crippen LogP contribution >= 0.6 is 0 Å². The van der Waals surface area contributed by atoms with Gasteiger partial charge in [0.05, 0.1) is 5.69 Å². The number of H-pyrrole nitrogens is 1. The van der Waals surface area contributed by atoms with E-state index in [0.29, 0.717) is 5.82 Å². The van der Waals surface area contributed by atoms with Crippen molar-refractivity contribution in [2.75, 3.05) is 13.1 Å². The number of hydrogen-bond donors (Lipinski definition) is 1. The van der Waals surface area contributed by atoms with Gasteiger partial charge in [-0.2, -0.15) is 0 Å². The molecule has 2 aromatic rings. The van der Waals surface area contributed by atoms with E-state index in [0.717, 1.165) is 36.8 Å². The summed E-state index contributed by atoms with van der Waals surface area (Å²) >= 11 is 0. The summed E-state index contributed by atoms with van der Waals surface area (Å²) in [4.78, 5) is 21.7. The average Bonchev–Trinajstić information content (AvgIpc) is 2.47. The first-order valence-electron chi connectivity index (χ1n) is 7.59. The van der Waals surface area contributed by atoms with Gasteiger partial charge in [0.2, 0.25) is 0 Å². The zero-order valence-electron chi connectivity index (χ0n) is 12.4. The number of rotatable bonds is 3. The van der Waals surface area contributed by atoms with E-state index in [2.05, 4.69) is 21.8 Å². The van der Waals surface area contributed by atoms with Crippen LogP contribution in [0.25, 0.3) is 11.4 Å². The van der Waals surface area contributed by atoms with E-state index in [9.17, 15) is 4.79 Å². The Bertz CT molecular complexity index is 651. The van der Waals surface area contributed by atoms with Crippen molar-refractivity contribution in [3.63, 3.8) is 0 Å². The highest BCUT2D eigenvalue weighted by Gasteiger charge is 2.17. The van der Waals surface area contributed by atoms with Crippen LogP contribution in [-0.4, -0.2) is 28.0 Å². The number of hydrogen-bond acceptors (Lipinski definition) is 3. The highest BCUT2D eigenvalue weighted by molar-refractivity contribution is 5.54. The van der Waals surface area contributed by atoms with E-state index in [1.54, 1.807) is 6.07 Å². The molecule has 3 rings (SSSR count). The van der Waals surface area contributed by atoms with Crippen molar-refractivity contribution in [1.82, 2.24) is 14.9 Å². The predicted octanol–water partition coefficient (Wildman–Crippen LogP) is 2.67. The third-order valence-electron chi connectivity index (χ3n) is 3.97. The van der Waals surface area contributed by atoms with Crippen molar-refractivity contribution in [2.24, 2.45) is 5.92 Å². The molecule has 1 aromatic heterocycles. The highest BCUT2D eigenvalue weighted by Crippen LogP contribution is 2.18. The van der Waals surface area contributed by atoms with Gasteiger partial charge in [0.1, 0.15) is 5.82 Å². The lowest BCUT2D eigenvalue weighted by Crippen LogP contribution is -2.34. The highest BCUT2D eigenvalue weighted by atomic mass is 16.1. The Kier molecular flexibility index (Phi) is 4.15. The van der Waals surface area contributed by atoms with Gasteiger partial charge in [-0.25, -0.2) is 4.98 Å². The van der Waals surface area contributed by atoms with Gasteiger partial charge in [0, 0.05) is 24.7 Å². The molecule has 1 N–H and O–H groups in total. The number of nitrogens with zero attached hydrogens (tertiary/aromatic N) is 2. The molecule has 0 amide bonds. The predicted molar refractivity (Wildman–Crippen MR) is 84.0 cm³/mol. The Hall–Kier alpha value is -1.94. The lowest BCUT2D eigenvalue weighted by atomic mass is 10.0. The second kappa shape index (κ2) is 6.22. The zero-order chi connectivity index (χ0) is 14.7. The number of piperidine rings is 1. The van der Waals surface area contributed by atoms with Crippen LogP contribution < -0.4 is 5.56 Å². The summed E-state index contributed by atoms with van der Waals surface area (Å²) in [6, 6.07) is 11.4. The smallest absolute Gasteiger partial charge is 0.251 e. The summed E-state index contributed by atoms with van der Waals surface area (Å²) in [5.74, 6) is 1.39. The molecular formula is C17H21N3O. The minimum atomic E-state index is -0.0797.